The Balaban J connectivity index is 2.35. The first-order valence-electron chi connectivity index (χ1n) is 5.68. The molecule has 0 aliphatic carbocycles. The van der Waals surface area contributed by atoms with E-state index in [2.05, 4.69) is 67.9 Å². The molecule has 0 atom stereocenters. The SMILES string of the molecule is Cc1cccc(C[n+]2ccccc2C)c1C. The van der Waals surface area contributed by atoms with Gasteiger partial charge in [-0.15, -0.1) is 0 Å². The summed E-state index contributed by atoms with van der Waals surface area (Å²) in [6.45, 7) is 7.47. The van der Waals surface area contributed by atoms with Crippen LogP contribution in [0, 0.1) is 20.8 Å². The summed E-state index contributed by atoms with van der Waals surface area (Å²) in [6, 6.07) is 12.8. The van der Waals surface area contributed by atoms with Gasteiger partial charge in [-0.2, -0.15) is 4.57 Å². The molecular formula is C15H18N+. The summed E-state index contributed by atoms with van der Waals surface area (Å²) in [7, 11) is 0. The monoisotopic (exact) mass is 212 g/mol. The molecule has 1 heterocycles. The van der Waals surface area contributed by atoms with E-state index in [9.17, 15) is 0 Å². The molecule has 2 rings (SSSR count). The van der Waals surface area contributed by atoms with Gasteiger partial charge in [0.05, 0.1) is 0 Å². The lowest BCUT2D eigenvalue weighted by molar-refractivity contribution is -0.694. The highest BCUT2D eigenvalue weighted by molar-refractivity contribution is 5.32. The van der Waals surface area contributed by atoms with Crippen molar-refractivity contribution >= 4 is 0 Å². The van der Waals surface area contributed by atoms with E-state index in [1.807, 2.05) is 0 Å². The van der Waals surface area contributed by atoms with Crippen LogP contribution in [0.2, 0.25) is 0 Å². The average Bonchev–Trinajstić information content (AvgIpc) is 2.28. The standard InChI is InChI=1S/C15H18N/c1-12-7-6-9-15(14(12)3)11-16-10-5-4-8-13(16)2/h4-10H,11H2,1-3H3/q+1. The molecule has 1 aromatic heterocycles. The van der Waals surface area contributed by atoms with Gasteiger partial charge in [0.25, 0.3) is 0 Å². The Bertz CT molecular complexity index is 501. The highest BCUT2D eigenvalue weighted by atomic mass is 14.9. The lowest BCUT2D eigenvalue weighted by Gasteiger charge is -2.06. The molecule has 0 radical (unpaired) electrons. The molecule has 0 spiro atoms. The quantitative estimate of drug-likeness (QED) is 0.674. The third-order valence-electron chi connectivity index (χ3n) is 3.23. The second kappa shape index (κ2) is 4.48. The zero-order valence-corrected chi connectivity index (χ0v) is 10.2. The van der Waals surface area contributed by atoms with Crippen LogP contribution >= 0.6 is 0 Å². The van der Waals surface area contributed by atoms with Gasteiger partial charge >= 0.3 is 0 Å². The first kappa shape index (κ1) is 10.9. The zero-order valence-electron chi connectivity index (χ0n) is 10.2. The maximum atomic E-state index is 2.28. The number of pyridine rings is 1. The summed E-state index contributed by atoms with van der Waals surface area (Å²) in [4.78, 5) is 0. The van der Waals surface area contributed by atoms with E-state index >= 15 is 0 Å². The molecular weight excluding hydrogens is 194 g/mol. The smallest absolute Gasteiger partial charge is 0.178 e. The van der Waals surface area contributed by atoms with Crippen LogP contribution in [0.3, 0.4) is 0 Å². The van der Waals surface area contributed by atoms with Crippen LogP contribution in [0.25, 0.3) is 0 Å². The molecule has 0 saturated heterocycles. The third kappa shape index (κ3) is 2.13. The predicted molar refractivity (Wildman–Crippen MR) is 66.4 cm³/mol. The van der Waals surface area contributed by atoms with Crippen LogP contribution < -0.4 is 4.57 Å². The van der Waals surface area contributed by atoms with E-state index in [1.54, 1.807) is 0 Å². The number of aromatic nitrogens is 1. The molecule has 0 unspecified atom stereocenters. The topological polar surface area (TPSA) is 3.88 Å². The highest BCUT2D eigenvalue weighted by Gasteiger charge is 2.08. The van der Waals surface area contributed by atoms with E-state index in [0.29, 0.717) is 0 Å². The minimum absolute atomic E-state index is 0.959. The Morgan fingerprint density at radius 2 is 1.75 bits per heavy atom. The average molecular weight is 212 g/mol. The fourth-order valence-corrected chi connectivity index (χ4v) is 1.91. The molecule has 1 aromatic carbocycles. The predicted octanol–water partition coefficient (Wildman–Crippen LogP) is 2.95. The summed E-state index contributed by atoms with van der Waals surface area (Å²) in [6.07, 6.45) is 2.14. The molecule has 1 heteroatoms. The van der Waals surface area contributed by atoms with Crippen molar-refractivity contribution in [3.63, 3.8) is 0 Å². The van der Waals surface area contributed by atoms with Crippen molar-refractivity contribution in [3.05, 3.63) is 65.0 Å². The Kier molecular flexibility index (Phi) is 3.04. The summed E-state index contributed by atoms with van der Waals surface area (Å²) < 4.78 is 2.28. The summed E-state index contributed by atoms with van der Waals surface area (Å²) in [5, 5.41) is 0. The van der Waals surface area contributed by atoms with Crippen LogP contribution in [-0.2, 0) is 6.54 Å². The lowest BCUT2D eigenvalue weighted by atomic mass is 10.0. The molecule has 2 aromatic rings. The fourth-order valence-electron chi connectivity index (χ4n) is 1.91. The summed E-state index contributed by atoms with van der Waals surface area (Å²) in [5.41, 5.74) is 5.47. The maximum absolute atomic E-state index is 2.28. The van der Waals surface area contributed by atoms with Gasteiger partial charge in [0.15, 0.2) is 18.4 Å². The van der Waals surface area contributed by atoms with Gasteiger partial charge in [-0.05, 0) is 25.0 Å². The van der Waals surface area contributed by atoms with E-state index in [1.165, 1.54) is 22.4 Å². The Morgan fingerprint density at radius 1 is 0.938 bits per heavy atom. The van der Waals surface area contributed by atoms with Crippen molar-refractivity contribution in [1.29, 1.82) is 0 Å². The van der Waals surface area contributed by atoms with E-state index in [0.717, 1.165) is 6.54 Å². The number of hydrogen-bond acceptors (Lipinski definition) is 0. The van der Waals surface area contributed by atoms with Gasteiger partial charge in [-0.25, -0.2) is 0 Å². The fraction of sp³-hybridized carbons (Fsp3) is 0.267. The van der Waals surface area contributed by atoms with Crippen molar-refractivity contribution < 1.29 is 4.57 Å². The molecule has 0 aliphatic rings. The molecule has 0 bridgehead atoms. The minimum atomic E-state index is 0.959. The van der Waals surface area contributed by atoms with E-state index in [4.69, 9.17) is 0 Å². The van der Waals surface area contributed by atoms with Gasteiger partial charge in [0, 0.05) is 24.6 Å². The first-order valence-corrected chi connectivity index (χ1v) is 5.68. The van der Waals surface area contributed by atoms with Crippen LogP contribution in [-0.4, -0.2) is 0 Å². The number of aryl methyl sites for hydroxylation is 2. The minimum Gasteiger partial charge on any atom is -0.198 e. The van der Waals surface area contributed by atoms with Crippen molar-refractivity contribution in [1.82, 2.24) is 0 Å². The number of nitrogens with zero attached hydrogens (tertiary/aromatic N) is 1. The maximum Gasteiger partial charge on any atom is 0.178 e. The van der Waals surface area contributed by atoms with Gasteiger partial charge < -0.3 is 0 Å². The van der Waals surface area contributed by atoms with Crippen LogP contribution in [0.1, 0.15) is 22.4 Å². The van der Waals surface area contributed by atoms with Gasteiger partial charge in [-0.3, -0.25) is 0 Å². The second-order valence-corrected chi connectivity index (χ2v) is 4.33. The first-order chi connectivity index (χ1) is 7.68. The number of rotatable bonds is 2. The van der Waals surface area contributed by atoms with Crippen molar-refractivity contribution in [2.45, 2.75) is 27.3 Å². The molecule has 0 amide bonds. The molecule has 0 aliphatic heterocycles. The number of benzene rings is 1. The van der Waals surface area contributed by atoms with E-state index in [-0.39, 0.29) is 0 Å². The summed E-state index contributed by atoms with van der Waals surface area (Å²) >= 11 is 0. The van der Waals surface area contributed by atoms with Crippen LogP contribution in [0.15, 0.2) is 42.6 Å². The van der Waals surface area contributed by atoms with Crippen LogP contribution in [0.5, 0.6) is 0 Å². The summed E-state index contributed by atoms with van der Waals surface area (Å²) in [5.74, 6) is 0. The van der Waals surface area contributed by atoms with Crippen molar-refractivity contribution in [2.75, 3.05) is 0 Å². The third-order valence-corrected chi connectivity index (χ3v) is 3.23. The molecule has 0 fully saturated rings. The molecule has 0 N–H and O–H groups in total. The second-order valence-electron chi connectivity index (χ2n) is 4.33. The Labute approximate surface area is 97.4 Å². The number of hydrogen-bond donors (Lipinski definition) is 0. The van der Waals surface area contributed by atoms with Gasteiger partial charge in [0.1, 0.15) is 0 Å². The highest BCUT2D eigenvalue weighted by Crippen LogP contribution is 2.12. The van der Waals surface area contributed by atoms with Crippen molar-refractivity contribution in [2.24, 2.45) is 0 Å². The Morgan fingerprint density at radius 3 is 2.50 bits per heavy atom. The molecule has 1 nitrogen and oxygen atoms in total. The molecule has 16 heavy (non-hydrogen) atoms. The molecule has 82 valence electrons. The van der Waals surface area contributed by atoms with Gasteiger partial charge in [-0.1, -0.05) is 24.3 Å². The molecule has 0 saturated carbocycles. The largest absolute Gasteiger partial charge is 0.198 e. The Hall–Kier alpha value is -1.63. The lowest BCUT2D eigenvalue weighted by Crippen LogP contribution is -2.37. The van der Waals surface area contributed by atoms with Crippen LogP contribution in [0.4, 0.5) is 0 Å². The van der Waals surface area contributed by atoms with Gasteiger partial charge in [0.2, 0.25) is 0 Å². The zero-order chi connectivity index (χ0) is 11.5. The normalized spacial score (nSPS) is 10.4. The van der Waals surface area contributed by atoms with Crippen molar-refractivity contribution in [3.8, 4) is 0 Å². The van der Waals surface area contributed by atoms with E-state index < -0.39 is 0 Å².